The first kappa shape index (κ1) is 10.6. The molecule has 1 aromatic heterocycles. The predicted molar refractivity (Wildman–Crippen MR) is 61.6 cm³/mol. The second-order valence-electron chi connectivity index (χ2n) is 3.57. The third-order valence-electron chi connectivity index (χ3n) is 2.35. The van der Waals surface area contributed by atoms with Crippen LogP contribution in [0.3, 0.4) is 0 Å². The van der Waals surface area contributed by atoms with Crippen LogP contribution in [0.1, 0.15) is 12.0 Å². The van der Waals surface area contributed by atoms with Crippen molar-refractivity contribution in [3.8, 4) is 0 Å². The molecule has 2 aromatic rings. The first-order valence-corrected chi connectivity index (χ1v) is 5.18. The molecule has 1 heterocycles. The van der Waals surface area contributed by atoms with Gasteiger partial charge < -0.3 is 16.0 Å². The number of imidazole rings is 1. The molecule has 0 aliphatic carbocycles. The zero-order valence-corrected chi connectivity index (χ0v) is 8.86. The maximum Gasteiger partial charge on any atom is 0.221 e. The van der Waals surface area contributed by atoms with E-state index in [1.54, 1.807) is 6.33 Å². The zero-order chi connectivity index (χ0) is 11.4. The average Bonchev–Trinajstić information content (AvgIpc) is 2.74. The van der Waals surface area contributed by atoms with E-state index in [0.29, 0.717) is 19.5 Å². The monoisotopic (exact) mass is 218 g/mol. The van der Waals surface area contributed by atoms with Crippen molar-refractivity contribution in [1.29, 1.82) is 0 Å². The molecule has 84 valence electrons. The number of hydrogen-bond donors (Lipinski definition) is 3. The molecule has 1 aromatic carbocycles. The summed E-state index contributed by atoms with van der Waals surface area (Å²) in [5.41, 5.74) is 8.23. The van der Waals surface area contributed by atoms with E-state index in [2.05, 4.69) is 15.3 Å². The maximum absolute atomic E-state index is 11.2. The lowest BCUT2D eigenvalue weighted by atomic mass is 10.2. The Kier molecular flexibility index (Phi) is 3.16. The molecule has 5 heteroatoms. The van der Waals surface area contributed by atoms with E-state index in [9.17, 15) is 4.79 Å². The van der Waals surface area contributed by atoms with Crippen LogP contribution in [0.15, 0.2) is 24.5 Å². The number of fused-ring (bicyclic) bond motifs is 1. The Morgan fingerprint density at radius 1 is 1.50 bits per heavy atom. The van der Waals surface area contributed by atoms with Crippen LogP contribution in [-0.4, -0.2) is 22.4 Å². The molecular formula is C11H14N4O. The standard InChI is InChI=1S/C11H14N4O/c12-4-3-11(16)13-6-8-1-2-9-10(5-8)15-7-14-9/h1-2,5,7H,3-4,6,12H2,(H,13,16)(H,14,15). The Hall–Kier alpha value is -1.88. The minimum absolute atomic E-state index is 0.0211. The fourth-order valence-corrected chi connectivity index (χ4v) is 1.51. The number of rotatable bonds is 4. The Morgan fingerprint density at radius 3 is 3.19 bits per heavy atom. The van der Waals surface area contributed by atoms with Gasteiger partial charge in [-0.05, 0) is 17.7 Å². The minimum atomic E-state index is -0.0211. The Bertz CT molecular complexity index is 491. The molecule has 0 bridgehead atoms. The predicted octanol–water partition coefficient (Wildman–Crippen LogP) is 0.528. The van der Waals surface area contributed by atoms with Gasteiger partial charge in [0.2, 0.25) is 5.91 Å². The van der Waals surface area contributed by atoms with Crippen molar-refractivity contribution in [2.75, 3.05) is 6.54 Å². The molecule has 0 aliphatic heterocycles. The van der Waals surface area contributed by atoms with Crippen LogP contribution in [0.4, 0.5) is 0 Å². The van der Waals surface area contributed by atoms with Crippen molar-refractivity contribution in [2.24, 2.45) is 5.73 Å². The zero-order valence-electron chi connectivity index (χ0n) is 8.86. The van der Waals surface area contributed by atoms with Crippen molar-refractivity contribution in [3.63, 3.8) is 0 Å². The van der Waals surface area contributed by atoms with Crippen LogP contribution < -0.4 is 11.1 Å². The fourth-order valence-electron chi connectivity index (χ4n) is 1.51. The number of nitrogens with two attached hydrogens (primary N) is 1. The van der Waals surface area contributed by atoms with Gasteiger partial charge in [0.1, 0.15) is 0 Å². The van der Waals surface area contributed by atoms with E-state index in [-0.39, 0.29) is 5.91 Å². The number of nitrogens with zero attached hydrogens (tertiary/aromatic N) is 1. The summed E-state index contributed by atoms with van der Waals surface area (Å²) in [5, 5.41) is 2.80. The number of benzene rings is 1. The van der Waals surface area contributed by atoms with Crippen LogP contribution in [0.2, 0.25) is 0 Å². The Labute approximate surface area is 93.1 Å². The van der Waals surface area contributed by atoms with Gasteiger partial charge in [-0.2, -0.15) is 0 Å². The summed E-state index contributed by atoms with van der Waals surface area (Å²) in [6.45, 7) is 0.902. The van der Waals surface area contributed by atoms with Crippen molar-refractivity contribution in [3.05, 3.63) is 30.1 Å². The van der Waals surface area contributed by atoms with Crippen molar-refractivity contribution in [1.82, 2.24) is 15.3 Å². The highest BCUT2D eigenvalue weighted by Gasteiger charge is 2.01. The van der Waals surface area contributed by atoms with Crippen molar-refractivity contribution < 1.29 is 4.79 Å². The lowest BCUT2D eigenvalue weighted by Crippen LogP contribution is -2.24. The third kappa shape index (κ3) is 2.38. The van der Waals surface area contributed by atoms with Crippen LogP contribution in [0, 0.1) is 0 Å². The largest absolute Gasteiger partial charge is 0.352 e. The summed E-state index contributed by atoms with van der Waals surface area (Å²) in [5.74, 6) is -0.0211. The number of amides is 1. The second-order valence-corrected chi connectivity index (χ2v) is 3.57. The highest BCUT2D eigenvalue weighted by atomic mass is 16.1. The fraction of sp³-hybridized carbons (Fsp3) is 0.273. The molecule has 16 heavy (non-hydrogen) atoms. The second kappa shape index (κ2) is 4.76. The molecule has 0 fully saturated rings. The number of carbonyl (C=O) groups is 1. The first-order valence-electron chi connectivity index (χ1n) is 5.18. The van der Waals surface area contributed by atoms with Crippen molar-refractivity contribution >= 4 is 16.9 Å². The van der Waals surface area contributed by atoms with Gasteiger partial charge in [-0.1, -0.05) is 6.07 Å². The molecule has 1 amide bonds. The number of H-pyrrole nitrogens is 1. The highest BCUT2D eigenvalue weighted by molar-refractivity contribution is 5.77. The topological polar surface area (TPSA) is 83.8 Å². The molecule has 5 nitrogen and oxygen atoms in total. The molecule has 0 saturated carbocycles. The summed E-state index contributed by atoms with van der Waals surface area (Å²) in [6.07, 6.45) is 2.02. The summed E-state index contributed by atoms with van der Waals surface area (Å²) in [4.78, 5) is 18.4. The Balaban J connectivity index is 2.01. The van der Waals surface area contributed by atoms with E-state index in [4.69, 9.17) is 5.73 Å². The van der Waals surface area contributed by atoms with Gasteiger partial charge >= 0.3 is 0 Å². The molecular weight excluding hydrogens is 204 g/mol. The molecule has 0 unspecified atom stereocenters. The van der Waals surface area contributed by atoms with Crippen LogP contribution >= 0.6 is 0 Å². The summed E-state index contributed by atoms with van der Waals surface area (Å²) < 4.78 is 0. The Morgan fingerprint density at radius 2 is 2.38 bits per heavy atom. The lowest BCUT2D eigenvalue weighted by Gasteiger charge is -2.04. The number of aromatic amines is 1. The van der Waals surface area contributed by atoms with Crippen LogP contribution in [-0.2, 0) is 11.3 Å². The molecule has 0 atom stereocenters. The van der Waals surface area contributed by atoms with Gasteiger partial charge in [0.25, 0.3) is 0 Å². The van der Waals surface area contributed by atoms with Gasteiger partial charge in [0, 0.05) is 19.5 Å². The van der Waals surface area contributed by atoms with Crippen LogP contribution in [0.5, 0.6) is 0 Å². The quantitative estimate of drug-likeness (QED) is 0.699. The van der Waals surface area contributed by atoms with Crippen molar-refractivity contribution in [2.45, 2.75) is 13.0 Å². The number of nitrogens with one attached hydrogen (secondary N) is 2. The highest BCUT2D eigenvalue weighted by Crippen LogP contribution is 2.11. The van der Waals surface area contributed by atoms with E-state index in [0.717, 1.165) is 16.6 Å². The molecule has 2 rings (SSSR count). The number of aromatic nitrogens is 2. The summed E-state index contributed by atoms with van der Waals surface area (Å²) in [7, 11) is 0. The van der Waals surface area contributed by atoms with E-state index in [1.807, 2.05) is 18.2 Å². The minimum Gasteiger partial charge on any atom is -0.352 e. The lowest BCUT2D eigenvalue weighted by molar-refractivity contribution is -0.121. The third-order valence-corrected chi connectivity index (χ3v) is 2.35. The summed E-state index contributed by atoms with van der Waals surface area (Å²) in [6, 6.07) is 5.85. The van der Waals surface area contributed by atoms with Gasteiger partial charge in [0.05, 0.1) is 17.4 Å². The van der Waals surface area contributed by atoms with E-state index >= 15 is 0 Å². The average molecular weight is 218 g/mol. The smallest absolute Gasteiger partial charge is 0.221 e. The molecule has 4 N–H and O–H groups in total. The first-order chi connectivity index (χ1) is 7.79. The molecule has 0 aliphatic rings. The SMILES string of the molecule is NCCC(=O)NCc1ccc2nc[nH]c2c1. The van der Waals surface area contributed by atoms with Gasteiger partial charge in [0.15, 0.2) is 0 Å². The van der Waals surface area contributed by atoms with E-state index in [1.165, 1.54) is 0 Å². The summed E-state index contributed by atoms with van der Waals surface area (Å²) >= 11 is 0. The van der Waals surface area contributed by atoms with Gasteiger partial charge in [-0.25, -0.2) is 4.98 Å². The molecule has 0 radical (unpaired) electrons. The van der Waals surface area contributed by atoms with E-state index < -0.39 is 0 Å². The number of carbonyl (C=O) groups excluding carboxylic acids is 1. The molecule has 0 saturated heterocycles. The molecule has 0 spiro atoms. The van der Waals surface area contributed by atoms with Gasteiger partial charge in [-0.15, -0.1) is 0 Å². The maximum atomic E-state index is 11.2. The van der Waals surface area contributed by atoms with Gasteiger partial charge in [-0.3, -0.25) is 4.79 Å². The normalized spacial score (nSPS) is 10.6. The number of hydrogen-bond acceptors (Lipinski definition) is 3. The van der Waals surface area contributed by atoms with Crippen LogP contribution in [0.25, 0.3) is 11.0 Å².